The molecule has 0 saturated carbocycles. The molecule has 0 aliphatic heterocycles. The first-order valence-corrected chi connectivity index (χ1v) is 9.74. The first-order chi connectivity index (χ1) is 13.6. The summed E-state index contributed by atoms with van der Waals surface area (Å²) < 4.78 is 1.60. The van der Waals surface area contributed by atoms with E-state index in [1.165, 1.54) is 29.0 Å². The van der Waals surface area contributed by atoms with Crippen LogP contribution in [0.4, 0.5) is 5.69 Å². The number of hydrogen-bond acceptors (Lipinski definition) is 5. The maximum atomic E-state index is 13.1. The van der Waals surface area contributed by atoms with E-state index in [-0.39, 0.29) is 11.2 Å². The second-order valence-electron chi connectivity index (χ2n) is 6.48. The van der Waals surface area contributed by atoms with Crippen molar-refractivity contribution in [3.8, 4) is 11.1 Å². The molecule has 0 fully saturated rings. The van der Waals surface area contributed by atoms with Gasteiger partial charge in [0, 0.05) is 23.1 Å². The van der Waals surface area contributed by atoms with Gasteiger partial charge in [0.15, 0.2) is 0 Å². The standard InChI is InChI=1S/C21H17N3O3S/c1-2-14-3-5-15(6-4-14)11-23-13-22-20-19(21(23)25)18(12-28-20)16-7-9-17(10-8-16)24(26)27/h3-10,12-13H,2,11H2,1H3. The highest BCUT2D eigenvalue weighted by Gasteiger charge is 2.14. The van der Waals surface area contributed by atoms with Crippen LogP contribution in [0.1, 0.15) is 18.1 Å². The van der Waals surface area contributed by atoms with Crippen molar-refractivity contribution in [1.29, 1.82) is 0 Å². The first kappa shape index (κ1) is 18.1. The van der Waals surface area contributed by atoms with Crippen LogP contribution in [0.5, 0.6) is 0 Å². The van der Waals surface area contributed by atoms with Crippen molar-refractivity contribution in [2.24, 2.45) is 0 Å². The summed E-state index contributed by atoms with van der Waals surface area (Å²) in [6.07, 6.45) is 2.55. The van der Waals surface area contributed by atoms with Crippen LogP contribution in [0, 0.1) is 10.1 Å². The summed E-state index contributed by atoms with van der Waals surface area (Å²) in [6, 6.07) is 14.4. The lowest BCUT2D eigenvalue weighted by molar-refractivity contribution is -0.384. The summed E-state index contributed by atoms with van der Waals surface area (Å²) in [5.74, 6) is 0. The summed E-state index contributed by atoms with van der Waals surface area (Å²) >= 11 is 1.40. The van der Waals surface area contributed by atoms with E-state index in [4.69, 9.17) is 0 Å². The molecule has 0 bridgehead atoms. The fourth-order valence-electron chi connectivity index (χ4n) is 3.13. The zero-order valence-electron chi connectivity index (χ0n) is 15.2. The molecular formula is C21H17N3O3S. The maximum absolute atomic E-state index is 13.1. The summed E-state index contributed by atoms with van der Waals surface area (Å²) in [6.45, 7) is 2.55. The van der Waals surface area contributed by atoms with E-state index in [2.05, 4.69) is 24.0 Å². The zero-order valence-corrected chi connectivity index (χ0v) is 16.0. The topological polar surface area (TPSA) is 78.0 Å². The molecule has 0 aliphatic rings. The van der Waals surface area contributed by atoms with E-state index >= 15 is 0 Å². The lowest BCUT2D eigenvalue weighted by Crippen LogP contribution is -2.21. The van der Waals surface area contributed by atoms with Crippen LogP contribution in [-0.4, -0.2) is 14.5 Å². The SMILES string of the molecule is CCc1ccc(Cn2cnc3scc(-c4ccc([N+](=O)[O-])cc4)c3c2=O)cc1. The van der Waals surface area contributed by atoms with Gasteiger partial charge in [0.25, 0.3) is 11.2 Å². The normalized spacial score (nSPS) is 11.0. The molecule has 4 rings (SSSR count). The minimum atomic E-state index is -0.437. The van der Waals surface area contributed by atoms with E-state index < -0.39 is 4.92 Å². The highest BCUT2D eigenvalue weighted by Crippen LogP contribution is 2.31. The Morgan fingerprint density at radius 2 is 1.75 bits per heavy atom. The Bertz CT molecular complexity index is 1210. The number of aryl methyl sites for hydroxylation is 1. The smallest absolute Gasteiger partial charge is 0.269 e. The molecule has 0 saturated heterocycles. The summed E-state index contributed by atoms with van der Waals surface area (Å²) in [5, 5.41) is 13.3. The molecule has 0 radical (unpaired) electrons. The average molecular weight is 391 g/mol. The Hall–Kier alpha value is -3.32. The lowest BCUT2D eigenvalue weighted by atomic mass is 10.1. The molecule has 2 heterocycles. The number of nitro groups is 1. The molecule has 2 aromatic carbocycles. The molecule has 0 unspecified atom stereocenters. The van der Waals surface area contributed by atoms with Crippen LogP contribution in [0.3, 0.4) is 0 Å². The van der Waals surface area contributed by atoms with E-state index in [0.29, 0.717) is 16.8 Å². The molecule has 28 heavy (non-hydrogen) atoms. The van der Waals surface area contributed by atoms with Crippen molar-refractivity contribution in [2.75, 3.05) is 0 Å². The number of thiophene rings is 1. The molecular weight excluding hydrogens is 374 g/mol. The molecule has 2 aromatic heterocycles. The van der Waals surface area contributed by atoms with Crippen LogP contribution >= 0.6 is 11.3 Å². The number of nitro benzene ring substituents is 1. The van der Waals surface area contributed by atoms with Crippen molar-refractivity contribution in [1.82, 2.24) is 9.55 Å². The fourth-order valence-corrected chi connectivity index (χ4v) is 4.04. The molecule has 0 N–H and O–H groups in total. The summed E-state index contributed by atoms with van der Waals surface area (Å²) in [4.78, 5) is 28.6. The minimum absolute atomic E-state index is 0.0225. The maximum Gasteiger partial charge on any atom is 0.269 e. The quantitative estimate of drug-likeness (QED) is 0.367. The first-order valence-electron chi connectivity index (χ1n) is 8.86. The molecule has 0 amide bonds. The van der Waals surface area contributed by atoms with E-state index in [1.807, 2.05) is 17.5 Å². The Balaban J connectivity index is 1.74. The van der Waals surface area contributed by atoms with Crippen molar-refractivity contribution in [2.45, 2.75) is 19.9 Å². The summed E-state index contributed by atoms with van der Waals surface area (Å²) in [7, 11) is 0. The van der Waals surface area contributed by atoms with Crippen molar-refractivity contribution in [3.63, 3.8) is 0 Å². The molecule has 7 heteroatoms. The van der Waals surface area contributed by atoms with Gasteiger partial charge in [-0.05, 0) is 35.2 Å². The van der Waals surface area contributed by atoms with Crippen molar-refractivity contribution < 1.29 is 4.92 Å². The van der Waals surface area contributed by atoms with Crippen LogP contribution < -0.4 is 5.56 Å². The van der Waals surface area contributed by atoms with E-state index in [0.717, 1.165) is 23.1 Å². The highest BCUT2D eigenvalue weighted by atomic mass is 32.1. The predicted octanol–water partition coefficient (Wildman–Crippen LogP) is 4.64. The number of nitrogens with zero attached hydrogens (tertiary/aromatic N) is 3. The predicted molar refractivity (Wildman–Crippen MR) is 111 cm³/mol. The molecule has 0 atom stereocenters. The second-order valence-corrected chi connectivity index (χ2v) is 7.34. The van der Waals surface area contributed by atoms with Gasteiger partial charge in [0.1, 0.15) is 4.83 Å². The summed E-state index contributed by atoms with van der Waals surface area (Å²) in [5.41, 5.74) is 3.72. The van der Waals surface area contributed by atoms with Gasteiger partial charge < -0.3 is 0 Å². The van der Waals surface area contributed by atoms with Crippen molar-refractivity contribution >= 4 is 27.2 Å². The van der Waals surface area contributed by atoms with Gasteiger partial charge in [-0.3, -0.25) is 19.5 Å². The minimum Gasteiger partial charge on any atom is -0.294 e. The van der Waals surface area contributed by atoms with Gasteiger partial charge in [-0.15, -0.1) is 11.3 Å². The Labute approximate surface area is 164 Å². The number of benzene rings is 2. The number of rotatable bonds is 5. The van der Waals surface area contributed by atoms with E-state index in [9.17, 15) is 14.9 Å². The lowest BCUT2D eigenvalue weighted by Gasteiger charge is -2.07. The molecule has 0 spiro atoms. The van der Waals surface area contributed by atoms with Crippen molar-refractivity contribution in [3.05, 3.63) is 91.8 Å². The Morgan fingerprint density at radius 3 is 2.39 bits per heavy atom. The molecule has 6 nitrogen and oxygen atoms in total. The van der Waals surface area contributed by atoms with Gasteiger partial charge in [0.2, 0.25) is 0 Å². The fraction of sp³-hybridized carbons (Fsp3) is 0.143. The largest absolute Gasteiger partial charge is 0.294 e. The molecule has 140 valence electrons. The monoisotopic (exact) mass is 391 g/mol. The van der Waals surface area contributed by atoms with Gasteiger partial charge >= 0.3 is 0 Å². The zero-order chi connectivity index (χ0) is 19.7. The third-order valence-electron chi connectivity index (χ3n) is 4.73. The van der Waals surface area contributed by atoms with Crippen LogP contribution in [0.25, 0.3) is 21.3 Å². The number of hydrogen-bond donors (Lipinski definition) is 0. The number of non-ortho nitro benzene ring substituents is 1. The van der Waals surface area contributed by atoms with E-state index in [1.54, 1.807) is 23.0 Å². The number of aromatic nitrogens is 2. The highest BCUT2D eigenvalue weighted by molar-refractivity contribution is 7.17. The Kier molecular flexibility index (Phi) is 4.75. The molecule has 4 aromatic rings. The van der Waals surface area contributed by atoms with Crippen LogP contribution in [0.15, 0.2) is 65.0 Å². The third kappa shape index (κ3) is 3.32. The molecule has 0 aliphatic carbocycles. The van der Waals surface area contributed by atoms with Gasteiger partial charge in [-0.1, -0.05) is 31.2 Å². The van der Waals surface area contributed by atoms with Crippen LogP contribution in [0.2, 0.25) is 0 Å². The van der Waals surface area contributed by atoms with Gasteiger partial charge in [-0.2, -0.15) is 0 Å². The number of fused-ring (bicyclic) bond motifs is 1. The van der Waals surface area contributed by atoms with Gasteiger partial charge in [-0.25, -0.2) is 4.98 Å². The van der Waals surface area contributed by atoms with Crippen LogP contribution in [-0.2, 0) is 13.0 Å². The Morgan fingerprint density at radius 1 is 1.07 bits per heavy atom. The third-order valence-corrected chi connectivity index (χ3v) is 5.62. The second kappa shape index (κ2) is 7.36. The van der Waals surface area contributed by atoms with Gasteiger partial charge in [0.05, 0.1) is 23.2 Å². The average Bonchev–Trinajstić information content (AvgIpc) is 3.15.